The average molecular weight is 370 g/mol. The quantitative estimate of drug-likeness (QED) is 0.846. The Morgan fingerprint density at radius 3 is 2.50 bits per heavy atom. The van der Waals surface area contributed by atoms with Crippen LogP contribution in [-0.2, 0) is 16.3 Å². The molecular formula is C21H31F3NO+. The smallest absolute Gasteiger partial charge is 0.376 e. The zero-order valence-electron chi connectivity index (χ0n) is 15.9. The minimum absolute atomic E-state index is 0.229. The maximum Gasteiger partial charge on any atom is 0.416 e. The Labute approximate surface area is 154 Å². The van der Waals surface area contributed by atoms with Gasteiger partial charge in [0.1, 0.15) is 0 Å². The van der Waals surface area contributed by atoms with Crippen molar-refractivity contribution in [3.8, 4) is 0 Å². The van der Waals surface area contributed by atoms with E-state index in [9.17, 15) is 13.2 Å². The molecule has 2 heterocycles. The molecule has 0 radical (unpaired) electrons. The van der Waals surface area contributed by atoms with Gasteiger partial charge in [-0.2, -0.15) is 13.2 Å². The minimum Gasteiger partial charge on any atom is -0.376 e. The zero-order valence-corrected chi connectivity index (χ0v) is 15.9. The van der Waals surface area contributed by atoms with Gasteiger partial charge in [-0.3, -0.25) is 0 Å². The summed E-state index contributed by atoms with van der Waals surface area (Å²) >= 11 is 0. The number of quaternary nitrogens is 1. The number of benzene rings is 1. The summed E-state index contributed by atoms with van der Waals surface area (Å²) in [5, 5.41) is 0. The molecule has 2 nitrogen and oxygen atoms in total. The molecule has 0 spiro atoms. The second-order valence-corrected chi connectivity index (χ2v) is 8.70. The molecule has 0 saturated carbocycles. The number of piperidine rings is 1. The van der Waals surface area contributed by atoms with E-state index in [1.165, 1.54) is 44.5 Å². The van der Waals surface area contributed by atoms with Crippen molar-refractivity contribution in [2.45, 2.75) is 69.6 Å². The lowest BCUT2D eigenvalue weighted by Gasteiger charge is -2.46. The summed E-state index contributed by atoms with van der Waals surface area (Å²) < 4.78 is 45.7. The molecular weight excluding hydrogens is 339 g/mol. The van der Waals surface area contributed by atoms with Crippen molar-refractivity contribution in [1.82, 2.24) is 0 Å². The third-order valence-electron chi connectivity index (χ3n) is 6.16. The first-order valence-electron chi connectivity index (χ1n) is 9.86. The van der Waals surface area contributed by atoms with Crippen molar-refractivity contribution in [2.75, 3.05) is 26.2 Å². The van der Waals surface area contributed by atoms with Crippen LogP contribution in [0.2, 0.25) is 0 Å². The first-order chi connectivity index (χ1) is 12.2. The molecule has 146 valence electrons. The molecule has 0 bridgehead atoms. The summed E-state index contributed by atoms with van der Waals surface area (Å²) in [6.07, 6.45) is 2.04. The molecule has 5 heteroatoms. The summed E-state index contributed by atoms with van der Waals surface area (Å²) in [5.74, 6) is 0. The van der Waals surface area contributed by atoms with Crippen molar-refractivity contribution in [2.24, 2.45) is 0 Å². The second kappa shape index (κ2) is 7.51. The Hall–Kier alpha value is -1.07. The van der Waals surface area contributed by atoms with Crippen LogP contribution in [0.25, 0.3) is 0 Å². The Morgan fingerprint density at radius 1 is 1.12 bits per heavy atom. The molecule has 0 amide bonds. The van der Waals surface area contributed by atoms with E-state index >= 15 is 0 Å². The molecule has 2 fully saturated rings. The third kappa shape index (κ3) is 4.61. The molecule has 3 rings (SSSR count). The fraction of sp³-hybridized carbons (Fsp3) is 0.714. The van der Waals surface area contributed by atoms with Crippen molar-refractivity contribution >= 4 is 0 Å². The standard InChI is InChI=1S/C21H30F3NO/c1-19(2)16-20(10-14-26-19,9-13-25-11-4-3-5-12-25)17-7-6-8-18(15-17)21(22,23)24/h6-8,15H,3-5,9-14,16H2,1-2H3/p+1/t20-/m0/s1. The Kier molecular flexibility index (Phi) is 5.69. The van der Waals surface area contributed by atoms with E-state index in [-0.39, 0.29) is 11.0 Å². The molecule has 1 N–H and O–H groups in total. The van der Waals surface area contributed by atoms with Gasteiger partial charge < -0.3 is 9.64 Å². The van der Waals surface area contributed by atoms with Crippen molar-refractivity contribution in [3.05, 3.63) is 35.4 Å². The highest BCUT2D eigenvalue weighted by atomic mass is 19.4. The third-order valence-corrected chi connectivity index (χ3v) is 6.16. The van der Waals surface area contributed by atoms with E-state index in [2.05, 4.69) is 13.8 Å². The highest BCUT2D eigenvalue weighted by Crippen LogP contribution is 2.45. The Bertz CT molecular complexity index is 608. The van der Waals surface area contributed by atoms with Gasteiger partial charge in [-0.25, -0.2) is 0 Å². The van der Waals surface area contributed by atoms with E-state index in [1.54, 1.807) is 11.0 Å². The molecule has 2 saturated heterocycles. The van der Waals surface area contributed by atoms with Crippen LogP contribution in [0.3, 0.4) is 0 Å². The van der Waals surface area contributed by atoms with Crippen LogP contribution in [-0.4, -0.2) is 31.8 Å². The number of rotatable bonds is 4. The maximum atomic E-state index is 13.3. The normalized spacial score (nSPS) is 27.4. The van der Waals surface area contributed by atoms with E-state index in [0.29, 0.717) is 6.61 Å². The fourth-order valence-electron chi connectivity index (χ4n) is 4.82. The van der Waals surface area contributed by atoms with Gasteiger partial charge in [-0.15, -0.1) is 0 Å². The van der Waals surface area contributed by atoms with Crippen molar-refractivity contribution in [3.63, 3.8) is 0 Å². The van der Waals surface area contributed by atoms with E-state index in [0.717, 1.165) is 31.4 Å². The Morgan fingerprint density at radius 2 is 1.85 bits per heavy atom. The van der Waals surface area contributed by atoms with Crippen LogP contribution in [0.1, 0.15) is 63.5 Å². The van der Waals surface area contributed by atoms with E-state index in [4.69, 9.17) is 4.74 Å². The number of nitrogens with one attached hydrogen (secondary N) is 1. The summed E-state index contributed by atoms with van der Waals surface area (Å²) in [7, 11) is 0. The SMILES string of the molecule is CC1(C)C[C@@](CC[NH+]2CCCCC2)(c2cccc(C(F)(F)F)c2)CCO1. The van der Waals surface area contributed by atoms with Gasteiger partial charge in [0.2, 0.25) is 0 Å². The van der Waals surface area contributed by atoms with Gasteiger partial charge in [-0.05, 0) is 57.6 Å². The number of hydrogen-bond acceptors (Lipinski definition) is 1. The van der Waals surface area contributed by atoms with Crippen LogP contribution < -0.4 is 4.90 Å². The average Bonchev–Trinajstić information content (AvgIpc) is 2.59. The van der Waals surface area contributed by atoms with E-state index < -0.39 is 11.7 Å². The summed E-state index contributed by atoms with van der Waals surface area (Å²) in [5.41, 5.74) is -0.235. The summed E-state index contributed by atoms with van der Waals surface area (Å²) in [6.45, 7) is 8.15. The van der Waals surface area contributed by atoms with Crippen LogP contribution >= 0.6 is 0 Å². The lowest BCUT2D eigenvalue weighted by molar-refractivity contribution is -0.905. The van der Waals surface area contributed by atoms with Crippen LogP contribution in [0.5, 0.6) is 0 Å². The number of likely N-dealkylation sites (tertiary alicyclic amines) is 1. The van der Waals surface area contributed by atoms with Crippen LogP contribution in [0.15, 0.2) is 24.3 Å². The molecule has 1 aromatic carbocycles. The molecule has 26 heavy (non-hydrogen) atoms. The molecule has 1 aromatic rings. The van der Waals surface area contributed by atoms with Gasteiger partial charge in [0.25, 0.3) is 0 Å². The van der Waals surface area contributed by atoms with Gasteiger partial charge in [0.15, 0.2) is 0 Å². The zero-order chi connectivity index (χ0) is 18.8. The first-order valence-corrected chi connectivity index (χ1v) is 9.86. The minimum atomic E-state index is -4.30. The molecule has 0 aliphatic carbocycles. The predicted molar refractivity (Wildman–Crippen MR) is 96.4 cm³/mol. The molecule has 2 aliphatic rings. The number of alkyl halides is 3. The lowest BCUT2D eigenvalue weighted by Crippen LogP contribution is -3.13. The lowest BCUT2D eigenvalue weighted by atomic mass is 9.67. The van der Waals surface area contributed by atoms with Gasteiger partial charge in [-0.1, -0.05) is 18.2 Å². The van der Waals surface area contributed by atoms with Crippen LogP contribution in [0.4, 0.5) is 13.2 Å². The topological polar surface area (TPSA) is 13.7 Å². The highest BCUT2D eigenvalue weighted by Gasteiger charge is 2.43. The maximum absolute atomic E-state index is 13.3. The van der Waals surface area contributed by atoms with Crippen molar-refractivity contribution < 1.29 is 22.8 Å². The largest absolute Gasteiger partial charge is 0.416 e. The highest BCUT2D eigenvalue weighted by molar-refractivity contribution is 5.33. The number of ether oxygens (including phenoxy) is 1. The first kappa shape index (κ1) is 19.7. The van der Waals surface area contributed by atoms with Gasteiger partial charge >= 0.3 is 6.18 Å². The molecule has 2 aliphatic heterocycles. The van der Waals surface area contributed by atoms with Crippen molar-refractivity contribution in [1.29, 1.82) is 0 Å². The summed E-state index contributed by atoms with van der Waals surface area (Å²) in [6, 6.07) is 6.02. The molecule has 0 unspecified atom stereocenters. The van der Waals surface area contributed by atoms with Crippen LogP contribution in [0, 0.1) is 0 Å². The number of hydrogen-bond donors (Lipinski definition) is 1. The Balaban J connectivity index is 1.87. The molecule has 0 aromatic heterocycles. The van der Waals surface area contributed by atoms with Gasteiger partial charge in [0, 0.05) is 18.4 Å². The van der Waals surface area contributed by atoms with E-state index in [1.807, 2.05) is 6.07 Å². The monoisotopic (exact) mass is 370 g/mol. The molecule has 1 atom stereocenters. The predicted octanol–water partition coefficient (Wildman–Crippen LogP) is 3.99. The summed E-state index contributed by atoms with van der Waals surface area (Å²) in [4.78, 5) is 1.60. The fourth-order valence-corrected chi connectivity index (χ4v) is 4.82. The second-order valence-electron chi connectivity index (χ2n) is 8.70. The van der Waals surface area contributed by atoms with Gasteiger partial charge in [0.05, 0.1) is 30.8 Å². The number of halogens is 3.